The van der Waals surface area contributed by atoms with Crippen LogP contribution in [-0.2, 0) is 9.59 Å². The fourth-order valence-electron chi connectivity index (χ4n) is 3.11. The van der Waals surface area contributed by atoms with Gasteiger partial charge in [-0.3, -0.25) is 29.8 Å². The first-order chi connectivity index (χ1) is 13.4. The largest absolute Gasteiger partial charge is 0.321 e. The van der Waals surface area contributed by atoms with E-state index in [-0.39, 0.29) is 33.9 Å². The minimum atomic E-state index is -0.547. The Balaban J connectivity index is 1.80. The topological polar surface area (TPSA) is 144 Å². The number of hydrogen-bond donors (Lipinski definition) is 2. The lowest BCUT2D eigenvalue weighted by Gasteiger charge is -2.07. The number of rotatable bonds is 4. The summed E-state index contributed by atoms with van der Waals surface area (Å²) >= 11 is 0. The molecule has 2 aromatic carbocycles. The number of nitro groups is 2. The van der Waals surface area contributed by atoms with Gasteiger partial charge in [0, 0.05) is 24.3 Å². The Hall–Kier alpha value is -4.34. The molecule has 2 aliphatic heterocycles. The summed E-state index contributed by atoms with van der Waals surface area (Å²) in [7, 11) is 0. The number of nitrogens with one attached hydrogen (secondary N) is 2. The zero-order valence-corrected chi connectivity index (χ0v) is 14.0. The fraction of sp³-hybridized carbons (Fsp3) is 0. The molecular weight excluding hydrogens is 368 g/mol. The molecule has 0 saturated carbocycles. The van der Waals surface area contributed by atoms with Crippen molar-refractivity contribution in [2.45, 2.75) is 0 Å². The molecule has 4 rings (SSSR count). The normalized spacial score (nSPS) is 15.4. The lowest BCUT2D eigenvalue weighted by Crippen LogP contribution is -2.21. The maximum absolute atomic E-state index is 12.5. The van der Waals surface area contributed by atoms with Gasteiger partial charge in [-0.2, -0.15) is 0 Å². The van der Waals surface area contributed by atoms with Crippen LogP contribution in [-0.4, -0.2) is 21.7 Å². The Morgan fingerprint density at radius 1 is 0.607 bits per heavy atom. The van der Waals surface area contributed by atoms with Crippen LogP contribution in [0.3, 0.4) is 0 Å². The summed E-state index contributed by atoms with van der Waals surface area (Å²) in [5.41, 5.74) is 1.44. The molecule has 0 aromatic heterocycles. The maximum Gasteiger partial charge on any atom is 0.269 e. The van der Waals surface area contributed by atoms with Gasteiger partial charge in [0.1, 0.15) is 0 Å². The highest BCUT2D eigenvalue weighted by Gasteiger charge is 2.40. The molecule has 0 spiro atoms. The number of benzene rings is 2. The average Bonchev–Trinajstić information content (AvgIpc) is 3.20. The highest BCUT2D eigenvalue weighted by molar-refractivity contribution is 6.30. The summed E-state index contributed by atoms with van der Waals surface area (Å²) in [5.74, 6) is -1.01. The summed E-state index contributed by atoms with van der Waals surface area (Å²) in [6.45, 7) is 0. The second kappa shape index (κ2) is 6.13. The van der Waals surface area contributed by atoms with Crippen LogP contribution in [0.25, 0.3) is 11.4 Å². The van der Waals surface area contributed by atoms with Gasteiger partial charge >= 0.3 is 0 Å². The van der Waals surface area contributed by atoms with Crippen LogP contribution in [0.4, 0.5) is 11.4 Å². The van der Waals surface area contributed by atoms with E-state index >= 15 is 0 Å². The van der Waals surface area contributed by atoms with Crippen molar-refractivity contribution in [2.24, 2.45) is 0 Å². The number of carbonyl (C=O) groups is 2. The molecule has 0 atom stereocenters. The summed E-state index contributed by atoms with van der Waals surface area (Å²) in [6.07, 6.45) is 0. The predicted molar refractivity (Wildman–Crippen MR) is 96.3 cm³/mol. The number of fused-ring (bicyclic) bond motifs is 1. The number of non-ortho nitro benzene ring substituents is 2. The second-order valence-electron chi connectivity index (χ2n) is 6.02. The molecule has 0 saturated heterocycles. The van der Waals surface area contributed by atoms with E-state index in [1.165, 1.54) is 48.5 Å². The Morgan fingerprint density at radius 3 is 1.21 bits per heavy atom. The highest BCUT2D eigenvalue weighted by atomic mass is 16.6. The Bertz CT molecular complexity index is 1040. The van der Waals surface area contributed by atoms with Crippen LogP contribution in [0.1, 0.15) is 11.1 Å². The van der Waals surface area contributed by atoms with Gasteiger partial charge in [0.25, 0.3) is 23.2 Å². The van der Waals surface area contributed by atoms with E-state index in [0.717, 1.165) is 0 Å². The van der Waals surface area contributed by atoms with E-state index < -0.39 is 21.7 Å². The number of nitro benzene ring substituents is 2. The van der Waals surface area contributed by atoms with Gasteiger partial charge in [0.2, 0.25) is 0 Å². The third-order valence-electron chi connectivity index (χ3n) is 4.41. The smallest absolute Gasteiger partial charge is 0.269 e. The summed E-state index contributed by atoms with van der Waals surface area (Å²) < 4.78 is 0. The lowest BCUT2D eigenvalue weighted by molar-refractivity contribution is -0.385. The first-order valence-corrected chi connectivity index (χ1v) is 7.98. The molecule has 138 valence electrons. The van der Waals surface area contributed by atoms with Gasteiger partial charge in [0.05, 0.1) is 32.4 Å². The van der Waals surface area contributed by atoms with Gasteiger partial charge in [0.15, 0.2) is 0 Å². The SMILES string of the molecule is O=C1NC(c2ccc([N+](=O)[O-])cc2)=C2C(=O)NC(c3ccc([N+](=O)[O-])cc3)=C12. The summed E-state index contributed by atoms with van der Waals surface area (Å²) in [4.78, 5) is 45.5. The van der Waals surface area contributed by atoms with Crippen molar-refractivity contribution in [1.82, 2.24) is 10.6 Å². The number of carbonyl (C=O) groups excluding carboxylic acids is 2. The van der Waals surface area contributed by atoms with E-state index in [0.29, 0.717) is 11.1 Å². The fourth-order valence-corrected chi connectivity index (χ4v) is 3.11. The van der Waals surface area contributed by atoms with Crippen molar-refractivity contribution in [2.75, 3.05) is 0 Å². The monoisotopic (exact) mass is 378 g/mol. The van der Waals surface area contributed by atoms with E-state index in [9.17, 15) is 29.8 Å². The Kier molecular flexibility index (Phi) is 3.74. The molecule has 10 heteroatoms. The van der Waals surface area contributed by atoms with Crippen molar-refractivity contribution in [3.63, 3.8) is 0 Å². The van der Waals surface area contributed by atoms with Crippen molar-refractivity contribution < 1.29 is 19.4 Å². The van der Waals surface area contributed by atoms with Crippen LogP contribution < -0.4 is 10.6 Å². The first kappa shape index (κ1) is 17.1. The average molecular weight is 378 g/mol. The first-order valence-electron chi connectivity index (χ1n) is 7.98. The highest BCUT2D eigenvalue weighted by Crippen LogP contribution is 2.37. The van der Waals surface area contributed by atoms with Crippen LogP contribution in [0.5, 0.6) is 0 Å². The van der Waals surface area contributed by atoms with E-state index in [1.807, 2.05) is 0 Å². The molecule has 28 heavy (non-hydrogen) atoms. The molecule has 2 aliphatic rings. The third-order valence-corrected chi connectivity index (χ3v) is 4.41. The molecular formula is C18H10N4O6. The molecule has 0 fully saturated rings. The summed E-state index contributed by atoms with van der Waals surface area (Å²) in [6, 6.07) is 10.9. The van der Waals surface area contributed by atoms with Crippen LogP contribution in [0, 0.1) is 20.2 Å². The van der Waals surface area contributed by atoms with Crippen LogP contribution >= 0.6 is 0 Å². The second-order valence-corrected chi connectivity index (χ2v) is 6.02. The zero-order chi connectivity index (χ0) is 20.0. The van der Waals surface area contributed by atoms with Crippen LogP contribution in [0.2, 0.25) is 0 Å². The van der Waals surface area contributed by atoms with Gasteiger partial charge < -0.3 is 10.6 Å². The molecule has 0 radical (unpaired) electrons. The van der Waals surface area contributed by atoms with Gasteiger partial charge in [-0.15, -0.1) is 0 Å². The van der Waals surface area contributed by atoms with Crippen molar-refractivity contribution in [3.05, 3.63) is 91.0 Å². The number of nitrogens with zero attached hydrogens (tertiary/aromatic N) is 2. The Labute approximate surface area is 156 Å². The van der Waals surface area contributed by atoms with Crippen molar-refractivity contribution in [3.8, 4) is 0 Å². The zero-order valence-electron chi connectivity index (χ0n) is 14.0. The molecule has 2 aromatic rings. The molecule has 2 amide bonds. The molecule has 2 N–H and O–H groups in total. The minimum Gasteiger partial charge on any atom is -0.321 e. The predicted octanol–water partition coefficient (Wildman–Crippen LogP) is 1.88. The third kappa shape index (κ3) is 2.60. The van der Waals surface area contributed by atoms with Crippen LogP contribution in [0.15, 0.2) is 59.7 Å². The van der Waals surface area contributed by atoms with E-state index in [2.05, 4.69) is 10.6 Å². The quantitative estimate of drug-likeness (QED) is 0.614. The van der Waals surface area contributed by atoms with Gasteiger partial charge in [-0.1, -0.05) is 0 Å². The minimum absolute atomic E-state index is 0.114. The van der Waals surface area contributed by atoms with Gasteiger partial charge in [-0.25, -0.2) is 0 Å². The standard InChI is InChI=1S/C18H10N4O6/c23-17-13-14(16(20-17)10-3-7-12(8-4-10)22(27)28)18(24)19-15(13)9-1-5-11(6-2-9)21(25)26/h1-8H,(H,19,24)(H,20,23). The van der Waals surface area contributed by atoms with E-state index in [1.54, 1.807) is 0 Å². The molecule has 0 aliphatic carbocycles. The Morgan fingerprint density at radius 2 is 0.929 bits per heavy atom. The maximum atomic E-state index is 12.5. The number of amides is 2. The summed E-state index contributed by atoms with van der Waals surface area (Å²) in [5, 5.41) is 26.8. The molecule has 0 unspecified atom stereocenters. The van der Waals surface area contributed by atoms with Crippen molar-refractivity contribution >= 4 is 34.6 Å². The molecule has 0 bridgehead atoms. The molecule has 2 heterocycles. The number of hydrogen-bond acceptors (Lipinski definition) is 6. The lowest BCUT2D eigenvalue weighted by atomic mass is 10.0. The van der Waals surface area contributed by atoms with E-state index in [4.69, 9.17) is 0 Å². The van der Waals surface area contributed by atoms with Gasteiger partial charge in [-0.05, 0) is 35.4 Å². The van der Waals surface area contributed by atoms with Crippen molar-refractivity contribution in [1.29, 1.82) is 0 Å². The molecule has 10 nitrogen and oxygen atoms in total.